The highest BCUT2D eigenvalue weighted by Gasteiger charge is 2.44. The summed E-state index contributed by atoms with van der Waals surface area (Å²) in [4.78, 5) is 29.3. The molecule has 4 nitrogen and oxygen atoms in total. The molecule has 1 N–H and O–H groups in total. The first-order chi connectivity index (χ1) is 14.1. The van der Waals surface area contributed by atoms with Crippen molar-refractivity contribution in [3.05, 3.63) is 47.3 Å². The van der Waals surface area contributed by atoms with Gasteiger partial charge in [-0.1, -0.05) is 36.8 Å². The molecule has 0 spiro atoms. The van der Waals surface area contributed by atoms with E-state index in [2.05, 4.69) is 47.1 Å². The monoisotopic (exact) mass is 410 g/mol. The fraction of sp³-hybridized carbons (Fsp3) is 0.500. The molecule has 2 heterocycles. The van der Waals surface area contributed by atoms with Crippen LogP contribution < -0.4 is 5.32 Å². The molecule has 5 heteroatoms. The molecule has 0 bridgehead atoms. The molecule has 1 aromatic heterocycles. The molecule has 0 unspecified atom stereocenters. The maximum absolute atomic E-state index is 13.2. The lowest BCUT2D eigenvalue weighted by molar-refractivity contribution is -0.146. The summed E-state index contributed by atoms with van der Waals surface area (Å²) in [7, 11) is 0. The standard InChI is InChI=1S/C24H30N2O2S/c1-2-25-23(28)24(13-5-14-26(17-24)22(27)20-6-3-7-20)16-18-9-11-19(12-10-18)21-8-4-15-29-21/h4,8-12,15,20H,2-3,5-7,13-14,16-17H2,1H3,(H,25,28)/t24-/m1/s1. The van der Waals surface area contributed by atoms with E-state index in [9.17, 15) is 9.59 Å². The summed E-state index contributed by atoms with van der Waals surface area (Å²) in [6.45, 7) is 3.91. The molecule has 4 rings (SSSR count). The lowest BCUT2D eigenvalue weighted by Gasteiger charge is -2.43. The first-order valence-electron chi connectivity index (χ1n) is 10.8. The Kier molecular flexibility index (Phi) is 6.04. The molecule has 1 aromatic carbocycles. The third-order valence-electron chi connectivity index (χ3n) is 6.46. The molecule has 2 aromatic rings. The summed E-state index contributed by atoms with van der Waals surface area (Å²) >= 11 is 1.73. The number of amides is 2. The highest BCUT2D eigenvalue weighted by Crippen LogP contribution is 2.37. The van der Waals surface area contributed by atoms with E-state index in [0.717, 1.165) is 44.2 Å². The van der Waals surface area contributed by atoms with Crippen molar-refractivity contribution in [3.8, 4) is 10.4 Å². The second-order valence-electron chi connectivity index (χ2n) is 8.48. The molecule has 0 radical (unpaired) electrons. The van der Waals surface area contributed by atoms with Gasteiger partial charge in [0.2, 0.25) is 11.8 Å². The van der Waals surface area contributed by atoms with E-state index in [1.165, 1.54) is 10.4 Å². The second kappa shape index (κ2) is 8.70. The molecule has 1 saturated heterocycles. The highest BCUT2D eigenvalue weighted by atomic mass is 32.1. The molecule has 154 valence electrons. The number of carbonyl (C=O) groups is 2. The van der Waals surface area contributed by atoms with Crippen LogP contribution in [0.4, 0.5) is 0 Å². The highest BCUT2D eigenvalue weighted by molar-refractivity contribution is 7.13. The molecule has 2 fully saturated rings. The van der Waals surface area contributed by atoms with Crippen LogP contribution in [0.15, 0.2) is 41.8 Å². The van der Waals surface area contributed by atoms with Crippen molar-refractivity contribution in [3.63, 3.8) is 0 Å². The summed E-state index contributed by atoms with van der Waals surface area (Å²) in [5.41, 5.74) is 1.84. The summed E-state index contributed by atoms with van der Waals surface area (Å²) in [6.07, 6.45) is 5.57. The van der Waals surface area contributed by atoms with Crippen LogP contribution in [-0.4, -0.2) is 36.3 Å². The zero-order chi connectivity index (χ0) is 20.3. The number of thiophene rings is 1. The Labute approximate surface area is 177 Å². The quantitative estimate of drug-likeness (QED) is 0.762. The second-order valence-corrected chi connectivity index (χ2v) is 9.43. The maximum Gasteiger partial charge on any atom is 0.228 e. The number of carbonyl (C=O) groups excluding carboxylic acids is 2. The largest absolute Gasteiger partial charge is 0.356 e. The van der Waals surface area contributed by atoms with E-state index < -0.39 is 5.41 Å². The van der Waals surface area contributed by atoms with Gasteiger partial charge in [0.05, 0.1) is 5.41 Å². The van der Waals surface area contributed by atoms with Crippen LogP contribution in [0.5, 0.6) is 0 Å². The van der Waals surface area contributed by atoms with E-state index in [1.807, 2.05) is 11.8 Å². The van der Waals surface area contributed by atoms with E-state index in [-0.39, 0.29) is 17.7 Å². The number of likely N-dealkylation sites (tertiary alicyclic amines) is 1. The molecule has 2 amide bonds. The molecule has 1 aliphatic carbocycles. The van der Waals surface area contributed by atoms with Gasteiger partial charge in [0, 0.05) is 30.4 Å². The number of nitrogens with one attached hydrogen (secondary N) is 1. The number of nitrogens with zero attached hydrogens (tertiary/aromatic N) is 1. The average Bonchev–Trinajstić information content (AvgIpc) is 3.22. The lowest BCUT2D eigenvalue weighted by Crippen LogP contribution is -2.55. The minimum absolute atomic E-state index is 0.0912. The van der Waals surface area contributed by atoms with Crippen molar-refractivity contribution in [1.82, 2.24) is 10.2 Å². The van der Waals surface area contributed by atoms with E-state index in [0.29, 0.717) is 19.5 Å². The van der Waals surface area contributed by atoms with Gasteiger partial charge in [0.25, 0.3) is 0 Å². The zero-order valence-corrected chi connectivity index (χ0v) is 18.0. The molecule has 1 saturated carbocycles. The lowest BCUT2D eigenvalue weighted by atomic mass is 9.73. The van der Waals surface area contributed by atoms with E-state index in [4.69, 9.17) is 0 Å². The average molecular weight is 411 g/mol. The van der Waals surface area contributed by atoms with Crippen LogP contribution >= 0.6 is 11.3 Å². The first-order valence-corrected chi connectivity index (χ1v) is 11.7. The predicted molar refractivity (Wildman–Crippen MR) is 118 cm³/mol. The van der Waals surface area contributed by atoms with Crippen molar-refractivity contribution in [2.45, 2.75) is 45.4 Å². The summed E-state index contributed by atoms with van der Waals surface area (Å²) in [6, 6.07) is 12.8. The number of rotatable bonds is 6. The van der Waals surface area contributed by atoms with Crippen LogP contribution in [0.2, 0.25) is 0 Å². The Bertz CT molecular complexity index is 842. The van der Waals surface area contributed by atoms with Gasteiger partial charge in [-0.3, -0.25) is 9.59 Å². The van der Waals surface area contributed by atoms with Crippen molar-refractivity contribution in [2.24, 2.45) is 11.3 Å². The van der Waals surface area contributed by atoms with Gasteiger partial charge in [-0.15, -0.1) is 11.3 Å². The third-order valence-corrected chi connectivity index (χ3v) is 7.38. The Hall–Kier alpha value is -2.14. The molecule has 1 atom stereocenters. The van der Waals surface area contributed by atoms with Gasteiger partial charge in [0.1, 0.15) is 0 Å². The van der Waals surface area contributed by atoms with Gasteiger partial charge in [-0.2, -0.15) is 0 Å². The third kappa shape index (κ3) is 4.25. The Morgan fingerprint density at radius 2 is 1.97 bits per heavy atom. The fourth-order valence-electron chi connectivity index (χ4n) is 4.61. The summed E-state index contributed by atoms with van der Waals surface area (Å²) in [5, 5.41) is 5.14. The van der Waals surface area contributed by atoms with Crippen LogP contribution in [-0.2, 0) is 16.0 Å². The van der Waals surface area contributed by atoms with Crippen molar-refractivity contribution >= 4 is 23.2 Å². The van der Waals surface area contributed by atoms with Gasteiger partial charge >= 0.3 is 0 Å². The first kappa shape index (κ1) is 20.1. The fourth-order valence-corrected chi connectivity index (χ4v) is 5.34. The molecule has 1 aliphatic heterocycles. The van der Waals surface area contributed by atoms with E-state index >= 15 is 0 Å². The molecular weight excluding hydrogens is 380 g/mol. The summed E-state index contributed by atoms with van der Waals surface area (Å²) in [5.74, 6) is 0.538. The smallest absolute Gasteiger partial charge is 0.228 e. The van der Waals surface area contributed by atoms with Crippen LogP contribution in [0, 0.1) is 11.3 Å². The Morgan fingerprint density at radius 3 is 2.59 bits per heavy atom. The van der Waals surface area contributed by atoms with Crippen LogP contribution in [0.1, 0.15) is 44.6 Å². The number of piperidine rings is 1. The van der Waals surface area contributed by atoms with E-state index in [1.54, 1.807) is 11.3 Å². The predicted octanol–water partition coefficient (Wildman–Crippen LogP) is 4.50. The maximum atomic E-state index is 13.2. The topological polar surface area (TPSA) is 49.4 Å². The normalized spacial score (nSPS) is 22.2. The number of hydrogen-bond donors (Lipinski definition) is 1. The van der Waals surface area contributed by atoms with Crippen molar-refractivity contribution in [1.29, 1.82) is 0 Å². The Balaban J connectivity index is 1.54. The summed E-state index contributed by atoms with van der Waals surface area (Å²) < 4.78 is 0. The van der Waals surface area contributed by atoms with Gasteiger partial charge in [0.15, 0.2) is 0 Å². The van der Waals surface area contributed by atoms with Gasteiger partial charge in [-0.25, -0.2) is 0 Å². The SMILES string of the molecule is CCNC(=O)[C@@]1(Cc2ccc(-c3cccs3)cc2)CCCN(C(=O)C2CCC2)C1. The zero-order valence-electron chi connectivity index (χ0n) is 17.2. The molecular formula is C24H30N2O2S. The van der Waals surface area contributed by atoms with Crippen LogP contribution in [0.3, 0.4) is 0 Å². The van der Waals surface area contributed by atoms with Gasteiger partial charge < -0.3 is 10.2 Å². The minimum atomic E-state index is -0.530. The van der Waals surface area contributed by atoms with Crippen molar-refractivity contribution < 1.29 is 9.59 Å². The van der Waals surface area contributed by atoms with Gasteiger partial charge in [-0.05, 0) is 61.6 Å². The molecule has 29 heavy (non-hydrogen) atoms. The molecule has 2 aliphatic rings. The number of hydrogen-bond acceptors (Lipinski definition) is 3. The Morgan fingerprint density at radius 1 is 1.17 bits per heavy atom. The van der Waals surface area contributed by atoms with Crippen molar-refractivity contribution in [2.75, 3.05) is 19.6 Å². The van der Waals surface area contributed by atoms with Crippen LogP contribution in [0.25, 0.3) is 10.4 Å². The minimum Gasteiger partial charge on any atom is -0.356 e. The number of benzene rings is 1.